The van der Waals surface area contributed by atoms with Gasteiger partial charge in [0.1, 0.15) is 17.1 Å². The van der Waals surface area contributed by atoms with Gasteiger partial charge in [0.05, 0.1) is 6.07 Å². The Kier molecular flexibility index (Phi) is 5.41. The van der Waals surface area contributed by atoms with Crippen molar-refractivity contribution in [1.29, 1.82) is 5.26 Å². The van der Waals surface area contributed by atoms with Crippen LogP contribution < -0.4 is 4.74 Å². The summed E-state index contributed by atoms with van der Waals surface area (Å²) >= 11 is 0. The van der Waals surface area contributed by atoms with Crippen LogP contribution >= 0.6 is 0 Å². The SMILES string of the molecule is CC1=CC[C@@H]2C(C1)c1c(O)cc(C/C=C\CCCC#N)cc1OC2(C)C. The number of fused-ring (bicyclic) bond motifs is 3. The fraction of sp³-hybridized carbons (Fsp3) is 0.522. The number of aromatic hydroxyl groups is 1. The van der Waals surface area contributed by atoms with E-state index in [1.54, 1.807) is 0 Å². The van der Waals surface area contributed by atoms with Crippen molar-refractivity contribution >= 4 is 0 Å². The van der Waals surface area contributed by atoms with Gasteiger partial charge >= 0.3 is 0 Å². The van der Waals surface area contributed by atoms with Crippen molar-refractivity contribution in [2.45, 2.75) is 70.8 Å². The molecule has 3 heteroatoms. The van der Waals surface area contributed by atoms with E-state index in [2.05, 4.69) is 51.1 Å². The minimum absolute atomic E-state index is 0.229. The molecule has 2 aliphatic rings. The van der Waals surface area contributed by atoms with Gasteiger partial charge in [-0.25, -0.2) is 0 Å². The molecule has 1 unspecified atom stereocenters. The van der Waals surface area contributed by atoms with E-state index in [0.29, 0.717) is 24.0 Å². The third-order valence-electron chi connectivity index (χ3n) is 5.74. The first-order chi connectivity index (χ1) is 12.4. The van der Waals surface area contributed by atoms with E-state index >= 15 is 0 Å². The zero-order valence-electron chi connectivity index (χ0n) is 16.1. The largest absolute Gasteiger partial charge is 0.508 e. The van der Waals surface area contributed by atoms with Crippen LogP contribution in [0.25, 0.3) is 0 Å². The third-order valence-corrected chi connectivity index (χ3v) is 5.74. The van der Waals surface area contributed by atoms with Crippen molar-refractivity contribution in [3.63, 3.8) is 0 Å². The maximum Gasteiger partial charge on any atom is 0.127 e. The van der Waals surface area contributed by atoms with Gasteiger partial charge in [0.15, 0.2) is 0 Å². The molecule has 0 fully saturated rings. The summed E-state index contributed by atoms with van der Waals surface area (Å²) in [6.07, 6.45) is 11.7. The van der Waals surface area contributed by atoms with Crippen molar-refractivity contribution in [3.05, 3.63) is 47.1 Å². The van der Waals surface area contributed by atoms with Crippen LogP contribution in [0.1, 0.15) is 69.9 Å². The van der Waals surface area contributed by atoms with Gasteiger partial charge in [0, 0.05) is 23.8 Å². The van der Waals surface area contributed by atoms with Crippen molar-refractivity contribution in [2.24, 2.45) is 5.92 Å². The van der Waals surface area contributed by atoms with Gasteiger partial charge in [0.2, 0.25) is 0 Å². The summed E-state index contributed by atoms with van der Waals surface area (Å²) in [5.74, 6) is 1.94. The Bertz CT molecular complexity index is 767. The second-order valence-electron chi connectivity index (χ2n) is 8.16. The molecule has 3 nitrogen and oxygen atoms in total. The number of phenolic OH excluding ortho intramolecular Hbond substituents is 1. The van der Waals surface area contributed by atoms with E-state index in [-0.39, 0.29) is 5.60 Å². The number of phenols is 1. The van der Waals surface area contributed by atoms with Gasteiger partial charge in [-0.05, 0) is 70.6 Å². The molecule has 1 N–H and O–H groups in total. The van der Waals surface area contributed by atoms with Crippen LogP contribution in [-0.2, 0) is 6.42 Å². The van der Waals surface area contributed by atoms with E-state index in [1.807, 2.05) is 6.07 Å². The van der Waals surface area contributed by atoms with Crippen molar-refractivity contribution in [2.75, 3.05) is 0 Å². The van der Waals surface area contributed by atoms with Crippen molar-refractivity contribution in [1.82, 2.24) is 0 Å². The molecular formula is C23H29NO2. The molecule has 3 rings (SSSR count). The van der Waals surface area contributed by atoms with Crippen LogP contribution in [0.2, 0.25) is 0 Å². The van der Waals surface area contributed by atoms with E-state index in [9.17, 15) is 5.11 Å². The average Bonchev–Trinajstić information content (AvgIpc) is 2.56. The minimum Gasteiger partial charge on any atom is -0.508 e. The van der Waals surface area contributed by atoms with E-state index in [0.717, 1.165) is 49.0 Å². The van der Waals surface area contributed by atoms with Gasteiger partial charge in [-0.15, -0.1) is 0 Å². The van der Waals surface area contributed by atoms with Crippen LogP contribution in [0.3, 0.4) is 0 Å². The lowest BCUT2D eigenvalue weighted by atomic mass is 9.67. The van der Waals surface area contributed by atoms with Gasteiger partial charge in [-0.1, -0.05) is 23.8 Å². The first-order valence-electron chi connectivity index (χ1n) is 9.64. The minimum atomic E-state index is -0.229. The van der Waals surface area contributed by atoms with E-state index in [1.165, 1.54) is 5.57 Å². The summed E-state index contributed by atoms with van der Waals surface area (Å²) in [5, 5.41) is 19.3. The summed E-state index contributed by atoms with van der Waals surface area (Å²) in [5.41, 5.74) is 3.23. The summed E-state index contributed by atoms with van der Waals surface area (Å²) in [6.45, 7) is 6.52. The monoisotopic (exact) mass is 351 g/mol. The first-order valence-corrected chi connectivity index (χ1v) is 9.64. The molecule has 0 spiro atoms. The second kappa shape index (κ2) is 7.58. The number of rotatable bonds is 5. The molecule has 0 radical (unpaired) electrons. The maximum absolute atomic E-state index is 10.7. The zero-order valence-corrected chi connectivity index (χ0v) is 16.1. The quantitative estimate of drug-likeness (QED) is 0.539. The summed E-state index contributed by atoms with van der Waals surface area (Å²) in [7, 11) is 0. The number of nitrogens with zero attached hydrogens (tertiary/aromatic N) is 1. The summed E-state index contributed by atoms with van der Waals surface area (Å²) < 4.78 is 6.36. The van der Waals surface area contributed by atoms with Crippen LogP contribution in [0.5, 0.6) is 11.5 Å². The molecule has 0 amide bonds. The number of nitriles is 1. The highest BCUT2D eigenvalue weighted by Crippen LogP contribution is 2.54. The van der Waals surface area contributed by atoms with Gasteiger partial charge < -0.3 is 9.84 Å². The molecule has 0 aromatic heterocycles. The highest BCUT2D eigenvalue weighted by atomic mass is 16.5. The smallest absolute Gasteiger partial charge is 0.127 e. The molecule has 1 aliphatic carbocycles. The highest BCUT2D eigenvalue weighted by Gasteiger charge is 2.45. The van der Waals surface area contributed by atoms with Crippen LogP contribution in [0, 0.1) is 17.2 Å². The predicted molar refractivity (Wildman–Crippen MR) is 104 cm³/mol. The molecule has 138 valence electrons. The molecule has 26 heavy (non-hydrogen) atoms. The van der Waals surface area contributed by atoms with Crippen molar-refractivity contribution in [3.8, 4) is 17.6 Å². The fourth-order valence-corrected chi connectivity index (χ4v) is 4.37. The van der Waals surface area contributed by atoms with E-state index in [4.69, 9.17) is 10.00 Å². The summed E-state index contributed by atoms with van der Waals surface area (Å²) in [4.78, 5) is 0. The lowest BCUT2D eigenvalue weighted by Crippen LogP contribution is -2.45. The standard InChI is InChI=1S/C23H29NO2/c1-16-10-11-19-18(13-16)22-20(25)14-17(9-7-5-4-6-8-12-24)15-21(22)26-23(19,2)3/h5,7,10,14-15,18-19,25H,4,6,8-9,11,13H2,1-3H3/b7-5-/t18?,19-/m1/s1. The van der Waals surface area contributed by atoms with Crippen LogP contribution in [0.15, 0.2) is 35.9 Å². The van der Waals surface area contributed by atoms with E-state index < -0.39 is 0 Å². The molecule has 0 bridgehead atoms. The Labute approximate surface area is 157 Å². The number of hydrogen-bond acceptors (Lipinski definition) is 3. The number of allylic oxidation sites excluding steroid dienone is 4. The molecule has 1 heterocycles. The zero-order chi connectivity index (χ0) is 18.7. The van der Waals surface area contributed by atoms with Gasteiger partial charge in [-0.2, -0.15) is 5.26 Å². The molecule has 1 aliphatic heterocycles. The van der Waals surface area contributed by atoms with Gasteiger partial charge in [0.25, 0.3) is 0 Å². The lowest BCUT2D eigenvalue weighted by Gasteiger charge is -2.47. The Morgan fingerprint density at radius 2 is 2.15 bits per heavy atom. The Balaban J connectivity index is 1.82. The molecule has 1 aromatic rings. The number of hydrogen-bond donors (Lipinski definition) is 1. The van der Waals surface area contributed by atoms with Crippen molar-refractivity contribution < 1.29 is 9.84 Å². The molecule has 0 saturated carbocycles. The average molecular weight is 351 g/mol. The summed E-state index contributed by atoms with van der Waals surface area (Å²) in [6, 6.07) is 6.16. The Morgan fingerprint density at radius 3 is 2.92 bits per heavy atom. The first kappa shape index (κ1) is 18.6. The fourth-order valence-electron chi connectivity index (χ4n) is 4.37. The second-order valence-corrected chi connectivity index (χ2v) is 8.16. The highest BCUT2D eigenvalue weighted by molar-refractivity contribution is 5.53. The Morgan fingerprint density at radius 1 is 1.35 bits per heavy atom. The topological polar surface area (TPSA) is 53.2 Å². The number of unbranched alkanes of at least 4 members (excludes halogenated alkanes) is 2. The molecular weight excluding hydrogens is 322 g/mol. The normalized spacial score (nSPS) is 23.5. The third kappa shape index (κ3) is 3.80. The molecule has 0 saturated heterocycles. The number of ether oxygens (including phenoxy) is 1. The molecule has 2 atom stereocenters. The molecule has 1 aromatic carbocycles. The maximum atomic E-state index is 10.7. The predicted octanol–water partition coefficient (Wildman–Crippen LogP) is 5.80. The number of benzene rings is 1. The van der Waals surface area contributed by atoms with Crippen LogP contribution in [0.4, 0.5) is 0 Å². The lowest BCUT2D eigenvalue weighted by molar-refractivity contribution is 0.00754. The Hall–Kier alpha value is -2.21. The van der Waals surface area contributed by atoms with Crippen LogP contribution in [-0.4, -0.2) is 10.7 Å². The van der Waals surface area contributed by atoms with Gasteiger partial charge in [-0.3, -0.25) is 0 Å².